The molecule has 3 amide bonds. The van der Waals surface area contributed by atoms with Gasteiger partial charge in [0.25, 0.3) is 5.91 Å². The Morgan fingerprint density at radius 3 is 2.39 bits per heavy atom. The van der Waals surface area contributed by atoms with Gasteiger partial charge in [-0.2, -0.15) is 0 Å². The molecule has 2 N–H and O–H groups in total. The number of esters is 1. The molecule has 0 saturated carbocycles. The second-order valence-corrected chi connectivity index (χ2v) is 14.4. The first-order valence-corrected chi connectivity index (χ1v) is 19.4. The topological polar surface area (TPSA) is 138 Å². The Kier molecular flexibility index (Phi) is 12.9. The second-order valence-electron chi connectivity index (χ2n) is 14.4. The van der Waals surface area contributed by atoms with Gasteiger partial charge in [0.15, 0.2) is 0 Å². The highest BCUT2D eigenvalue weighted by atomic mass is 16.6. The third kappa shape index (κ3) is 7.83. The fourth-order valence-electron chi connectivity index (χ4n) is 8.54. The molecule has 0 aromatic heterocycles. The minimum Gasteiger partial charge on any atom is -0.455 e. The summed E-state index contributed by atoms with van der Waals surface area (Å²) in [5.41, 5.74) is 0.970. The Morgan fingerprint density at radius 2 is 1.69 bits per heavy atom. The van der Waals surface area contributed by atoms with Gasteiger partial charge in [-0.3, -0.25) is 19.2 Å². The fraction of sp³-hybridized carbons (Fsp3) is 0.524. The summed E-state index contributed by atoms with van der Waals surface area (Å²) in [7, 11) is 1.52. The summed E-state index contributed by atoms with van der Waals surface area (Å²) in [5.74, 6) is -3.59. The van der Waals surface area contributed by atoms with Crippen LogP contribution in [0, 0.1) is 11.8 Å². The number of nitrogens with one attached hydrogen (secondary N) is 1. The number of aliphatic hydroxyl groups excluding tert-OH is 1. The lowest BCUT2D eigenvalue weighted by atomic mass is 9.77. The molecule has 7 atom stereocenters. The van der Waals surface area contributed by atoms with Gasteiger partial charge in [-0.25, -0.2) is 0 Å². The van der Waals surface area contributed by atoms with E-state index in [1.54, 1.807) is 22.0 Å². The van der Waals surface area contributed by atoms with Crippen molar-refractivity contribution in [2.45, 2.75) is 82.3 Å². The van der Waals surface area contributed by atoms with Crippen LogP contribution in [0.5, 0.6) is 0 Å². The highest BCUT2D eigenvalue weighted by Crippen LogP contribution is 2.53. The molecule has 0 aliphatic carbocycles. The first kappa shape index (κ1) is 39.2. The van der Waals surface area contributed by atoms with Crippen molar-refractivity contribution in [2.24, 2.45) is 11.8 Å². The number of benzene rings is 2. The molecular formula is C42H54N4O8. The lowest BCUT2D eigenvalue weighted by Crippen LogP contribution is -2.55. The van der Waals surface area contributed by atoms with E-state index >= 15 is 0 Å². The Morgan fingerprint density at radius 1 is 0.944 bits per heavy atom. The number of methoxy groups -OCH3 is 1. The third-order valence-electron chi connectivity index (χ3n) is 11.2. The highest BCUT2D eigenvalue weighted by molar-refractivity contribution is 6.05. The molecule has 4 heterocycles. The van der Waals surface area contributed by atoms with Crippen molar-refractivity contribution >= 4 is 35.1 Å². The van der Waals surface area contributed by atoms with Gasteiger partial charge >= 0.3 is 5.97 Å². The van der Waals surface area contributed by atoms with Crippen molar-refractivity contribution in [2.75, 3.05) is 56.3 Å². The van der Waals surface area contributed by atoms with Crippen LogP contribution in [0.4, 0.5) is 11.4 Å². The molecule has 0 bridgehead atoms. The number of cyclic esters (lactones) is 1. The van der Waals surface area contributed by atoms with E-state index in [-0.39, 0.29) is 43.9 Å². The van der Waals surface area contributed by atoms with Crippen LogP contribution in [-0.4, -0.2) is 104 Å². The number of likely N-dealkylation sites (tertiary alicyclic amines) is 1. The van der Waals surface area contributed by atoms with Gasteiger partial charge in [-0.15, -0.1) is 0 Å². The number of anilines is 2. The van der Waals surface area contributed by atoms with Gasteiger partial charge in [-0.05, 0) is 62.9 Å². The third-order valence-corrected chi connectivity index (χ3v) is 11.2. The van der Waals surface area contributed by atoms with Gasteiger partial charge < -0.3 is 39.3 Å². The lowest BCUT2D eigenvalue weighted by Gasteiger charge is -2.35. The molecule has 12 heteroatoms. The Hall–Kier alpha value is -4.52. The number of ether oxygens (including phenoxy) is 3. The van der Waals surface area contributed by atoms with Crippen LogP contribution in [0.25, 0.3) is 0 Å². The largest absolute Gasteiger partial charge is 0.455 e. The van der Waals surface area contributed by atoms with Crippen molar-refractivity contribution in [1.82, 2.24) is 10.2 Å². The Bertz CT molecular complexity index is 1680. The molecule has 0 radical (unpaired) electrons. The molecule has 54 heavy (non-hydrogen) atoms. The van der Waals surface area contributed by atoms with Crippen molar-refractivity contribution in [1.29, 1.82) is 0 Å². The molecule has 4 aliphatic rings. The van der Waals surface area contributed by atoms with Crippen LogP contribution >= 0.6 is 0 Å². The molecule has 4 aliphatic heterocycles. The molecule has 0 unspecified atom stereocenters. The zero-order valence-corrected chi connectivity index (χ0v) is 31.6. The average Bonchev–Trinajstić information content (AvgIpc) is 3.56. The maximum Gasteiger partial charge on any atom is 0.313 e. The summed E-state index contributed by atoms with van der Waals surface area (Å²) in [6.07, 6.45) is 8.82. The minimum absolute atomic E-state index is 0.0837. The van der Waals surface area contributed by atoms with E-state index in [0.29, 0.717) is 37.1 Å². The van der Waals surface area contributed by atoms with E-state index in [9.17, 15) is 24.3 Å². The number of nitrogens with zero attached hydrogens (tertiary/aromatic N) is 3. The molecular weight excluding hydrogens is 688 g/mol. The number of rotatable bonds is 13. The molecule has 1 spiro atoms. The number of amides is 3. The van der Waals surface area contributed by atoms with Crippen LogP contribution in [0.3, 0.4) is 0 Å². The maximum atomic E-state index is 15.0. The van der Waals surface area contributed by atoms with E-state index in [0.717, 1.165) is 31.6 Å². The standard InChI is InChI=1S/C42H54N4O8/c1-4-44(5-2)30-20-22-31(23-21-30)45-26-15-24-42-36(39(49)46(38(42)40(45)50)25-13-6-7-14-27-47)35-33(54-42)18-11-12-19-34(48)43-32(28-52-3)37(53-41(35)51)29-16-9-8-10-17-29/h8-11,15-18,20-24,32-33,35-38,47H,4-7,12-14,19,25-28H2,1-3H3,(H,43,48)/b18-11-/t32-,33-,35+,36+,37-,38-,42+/m0/s1. The molecule has 2 aromatic rings. The summed E-state index contributed by atoms with van der Waals surface area (Å²) < 4.78 is 18.8. The van der Waals surface area contributed by atoms with Crippen molar-refractivity contribution in [3.8, 4) is 0 Å². The summed E-state index contributed by atoms with van der Waals surface area (Å²) in [6, 6.07) is 15.3. The number of carbonyl (C=O) groups is 4. The van der Waals surface area contributed by atoms with E-state index in [4.69, 9.17) is 14.2 Å². The lowest BCUT2D eigenvalue weighted by molar-refractivity contribution is -0.162. The number of carbonyl (C=O) groups excluding carboxylic acids is 4. The fourth-order valence-corrected chi connectivity index (χ4v) is 8.54. The zero-order valence-electron chi connectivity index (χ0n) is 31.6. The van der Waals surface area contributed by atoms with Gasteiger partial charge in [0.2, 0.25) is 11.8 Å². The number of fused-ring (bicyclic) bond motifs is 2. The molecule has 2 fully saturated rings. The van der Waals surface area contributed by atoms with Crippen LogP contribution in [0.2, 0.25) is 0 Å². The van der Waals surface area contributed by atoms with Crippen molar-refractivity contribution in [3.05, 3.63) is 84.5 Å². The molecule has 2 aromatic carbocycles. The van der Waals surface area contributed by atoms with Gasteiger partial charge in [0.1, 0.15) is 23.7 Å². The minimum atomic E-state index is -1.45. The summed E-state index contributed by atoms with van der Waals surface area (Å²) in [4.78, 5) is 63.2. The predicted octanol–water partition coefficient (Wildman–Crippen LogP) is 4.33. The normalized spacial score (nSPS) is 29.0. The van der Waals surface area contributed by atoms with Gasteiger partial charge in [-0.1, -0.05) is 67.5 Å². The Labute approximate surface area is 318 Å². The molecule has 12 nitrogen and oxygen atoms in total. The number of unbranched alkanes of at least 4 members (excludes halogenated alkanes) is 3. The molecule has 2 saturated heterocycles. The SMILES string of the molecule is CCN(CC)c1ccc(N2CC=C[C@@]34O[C@H]5/C=C\CCC(=O)N[C@@H](COC)[C@H](c6ccccc6)OC(=O)[C@H]5[C@@H]3C(=O)N(CCCCCCO)[C@H]4C2=O)cc1. The van der Waals surface area contributed by atoms with E-state index in [2.05, 4.69) is 24.1 Å². The van der Waals surface area contributed by atoms with Crippen LogP contribution in [0.15, 0.2) is 78.9 Å². The smallest absolute Gasteiger partial charge is 0.313 e. The second kappa shape index (κ2) is 17.7. The number of hydrogen-bond donors (Lipinski definition) is 2. The van der Waals surface area contributed by atoms with E-state index in [1.807, 2.05) is 66.7 Å². The van der Waals surface area contributed by atoms with Crippen molar-refractivity contribution in [3.63, 3.8) is 0 Å². The molecule has 6 rings (SSSR count). The number of allylic oxidation sites excluding steroid dienone is 1. The van der Waals surface area contributed by atoms with Crippen LogP contribution in [0.1, 0.15) is 64.0 Å². The van der Waals surface area contributed by atoms with Gasteiger partial charge in [0, 0.05) is 57.7 Å². The first-order valence-electron chi connectivity index (χ1n) is 19.4. The average molecular weight is 743 g/mol. The Balaban J connectivity index is 1.40. The van der Waals surface area contributed by atoms with Crippen LogP contribution in [-0.2, 0) is 33.4 Å². The monoisotopic (exact) mass is 742 g/mol. The maximum absolute atomic E-state index is 15.0. The van der Waals surface area contributed by atoms with Crippen LogP contribution < -0.4 is 15.1 Å². The predicted molar refractivity (Wildman–Crippen MR) is 205 cm³/mol. The van der Waals surface area contributed by atoms with Crippen molar-refractivity contribution < 1.29 is 38.5 Å². The van der Waals surface area contributed by atoms with E-state index < -0.39 is 47.7 Å². The summed E-state index contributed by atoms with van der Waals surface area (Å²) >= 11 is 0. The molecule has 290 valence electrons. The van der Waals surface area contributed by atoms with Gasteiger partial charge in [0.05, 0.1) is 24.7 Å². The quantitative estimate of drug-likeness (QED) is 0.175. The summed E-state index contributed by atoms with van der Waals surface area (Å²) in [5, 5.41) is 12.3. The number of aliphatic hydroxyl groups is 1. The zero-order chi connectivity index (χ0) is 38.2. The first-order chi connectivity index (χ1) is 26.3. The summed E-state index contributed by atoms with van der Waals surface area (Å²) in [6.45, 7) is 6.63. The highest BCUT2D eigenvalue weighted by Gasteiger charge is 2.71. The van der Waals surface area contributed by atoms with E-state index in [1.165, 1.54) is 7.11 Å². The number of hydrogen-bond acceptors (Lipinski definition) is 9.